The van der Waals surface area contributed by atoms with E-state index in [0.717, 1.165) is 19.3 Å². The molecule has 0 spiro atoms. The quantitative estimate of drug-likeness (QED) is 0.926. The minimum atomic E-state index is -0.373. The number of hydrogen-bond acceptors (Lipinski definition) is 4. The van der Waals surface area contributed by atoms with Crippen LogP contribution in [0.15, 0.2) is 29.1 Å². The van der Waals surface area contributed by atoms with Gasteiger partial charge in [-0.2, -0.15) is 0 Å². The topological polar surface area (TPSA) is 75.4 Å². The van der Waals surface area contributed by atoms with E-state index in [1.807, 2.05) is 18.2 Å². The zero-order valence-electron chi connectivity index (χ0n) is 13.2. The van der Waals surface area contributed by atoms with Gasteiger partial charge in [-0.25, -0.2) is 4.98 Å². The highest BCUT2D eigenvalue weighted by molar-refractivity contribution is 5.94. The number of rotatable bonds is 3. The van der Waals surface area contributed by atoms with Gasteiger partial charge in [0.05, 0.1) is 11.0 Å². The van der Waals surface area contributed by atoms with Crippen LogP contribution in [0.25, 0.3) is 11.0 Å². The standard InChI is InChI=1S/C17H21N3O3/c1-19-14-8-3-2-7-13(14)18-15(16(19)22)17(23)20-10-5-4-6-12(20)9-11-21/h2-3,7-8,12,21H,4-6,9-11H2,1H3/t12-/m0/s1. The van der Waals surface area contributed by atoms with Crippen molar-refractivity contribution in [2.75, 3.05) is 13.2 Å². The Morgan fingerprint density at radius 1 is 1.35 bits per heavy atom. The Balaban J connectivity index is 2.03. The van der Waals surface area contributed by atoms with Gasteiger partial charge in [-0.3, -0.25) is 9.59 Å². The average molecular weight is 315 g/mol. The molecule has 2 aromatic rings. The lowest BCUT2D eigenvalue weighted by molar-refractivity contribution is 0.0566. The summed E-state index contributed by atoms with van der Waals surface area (Å²) >= 11 is 0. The smallest absolute Gasteiger partial charge is 0.282 e. The van der Waals surface area contributed by atoms with Gasteiger partial charge in [-0.05, 0) is 37.8 Å². The van der Waals surface area contributed by atoms with Crippen LogP contribution >= 0.6 is 0 Å². The Morgan fingerprint density at radius 3 is 2.91 bits per heavy atom. The molecule has 1 N–H and O–H groups in total. The van der Waals surface area contributed by atoms with Crippen LogP contribution in [-0.2, 0) is 7.05 Å². The third-order valence-electron chi connectivity index (χ3n) is 4.54. The van der Waals surface area contributed by atoms with E-state index in [-0.39, 0.29) is 29.8 Å². The van der Waals surface area contributed by atoms with Crippen LogP contribution in [0.4, 0.5) is 0 Å². The zero-order valence-corrected chi connectivity index (χ0v) is 13.2. The summed E-state index contributed by atoms with van der Waals surface area (Å²) < 4.78 is 1.47. The molecule has 23 heavy (non-hydrogen) atoms. The number of aryl methyl sites for hydroxylation is 1. The second-order valence-electron chi connectivity index (χ2n) is 5.97. The molecule has 1 aliphatic heterocycles. The minimum absolute atomic E-state index is 0.0146. The Bertz CT molecular complexity index is 782. The van der Waals surface area contributed by atoms with Crippen molar-refractivity contribution >= 4 is 16.9 Å². The summed E-state index contributed by atoms with van der Waals surface area (Å²) in [4.78, 5) is 31.4. The number of aliphatic hydroxyl groups is 1. The minimum Gasteiger partial charge on any atom is -0.396 e. The number of piperidine rings is 1. The highest BCUT2D eigenvalue weighted by Gasteiger charge is 2.30. The summed E-state index contributed by atoms with van der Waals surface area (Å²) in [6, 6.07) is 7.27. The number of benzene rings is 1. The molecule has 6 nitrogen and oxygen atoms in total. The second kappa shape index (κ2) is 6.50. The maximum Gasteiger partial charge on any atom is 0.282 e. The number of carbonyl (C=O) groups excluding carboxylic acids is 1. The molecule has 0 unspecified atom stereocenters. The number of amides is 1. The highest BCUT2D eigenvalue weighted by Crippen LogP contribution is 2.21. The molecule has 0 bridgehead atoms. The summed E-state index contributed by atoms with van der Waals surface area (Å²) in [5, 5.41) is 9.21. The molecular formula is C17H21N3O3. The van der Waals surface area contributed by atoms with E-state index in [1.54, 1.807) is 18.0 Å². The molecule has 3 rings (SSSR count). The first-order valence-electron chi connectivity index (χ1n) is 8.01. The predicted molar refractivity (Wildman–Crippen MR) is 87.4 cm³/mol. The first-order valence-corrected chi connectivity index (χ1v) is 8.01. The molecule has 0 aliphatic carbocycles. The molecule has 1 saturated heterocycles. The molecule has 1 amide bonds. The van der Waals surface area contributed by atoms with Crippen molar-refractivity contribution in [3.8, 4) is 0 Å². The number of hydrogen-bond donors (Lipinski definition) is 1. The molecular weight excluding hydrogens is 294 g/mol. The molecule has 0 saturated carbocycles. The van der Waals surface area contributed by atoms with E-state index in [9.17, 15) is 14.7 Å². The third kappa shape index (κ3) is 2.86. The van der Waals surface area contributed by atoms with Gasteiger partial charge in [0.2, 0.25) is 0 Å². The summed E-state index contributed by atoms with van der Waals surface area (Å²) in [6.07, 6.45) is 3.36. The zero-order chi connectivity index (χ0) is 16.4. The van der Waals surface area contributed by atoms with Crippen LogP contribution in [0.5, 0.6) is 0 Å². The summed E-state index contributed by atoms with van der Waals surface area (Å²) in [6.45, 7) is 0.652. The lowest BCUT2D eigenvalue weighted by Crippen LogP contribution is -2.46. The van der Waals surface area contributed by atoms with Crippen LogP contribution < -0.4 is 5.56 Å². The van der Waals surface area contributed by atoms with Gasteiger partial charge in [0.1, 0.15) is 0 Å². The average Bonchev–Trinajstić information content (AvgIpc) is 2.58. The van der Waals surface area contributed by atoms with Crippen molar-refractivity contribution in [1.82, 2.24) is 14.5 Å². The van der Waals surface area contributed by atoms with Gasteiger partial charge < -0.3 is 14.6 Å². The fourth-order valence-corrected chi connectivity index (χ4v) is 3.27. The van der Waals surface area contributed by atoms with Crippen molar-refractivity contribution in [2.45, 2.75) is 31.7 Å². The Hall–Kier alpha value is -2.21. The highest BCUT2D eigenvalue weighted by atomic mass is 16.3. The van der Waals surface area contributed by atoms with E-state index in [2.05, 4.69) is 4.98 Å². The number of aliphatic hydroxyl groups excluding tert-OH is 1. The van der Waals surface area contributed by atoms with Gasteiger partial charge in [0.25, 0.3) is 11.5 Å². The molecule has 1 aliphatic rings. The monoisotopic (exact) mass is 315 g/mol. The lowest BCUT2D eigenvalue weighted by Gasteiger charge is -2.35. The molecule has 2 heterocycles. The third-order valence-corrected chi connectivity index (χ3v) is 4.54. The maximum atomic E-state index is 12.9. The van der Waals surface area contributed by atoms with Crippen molar-refractivity contribution in [3.63, 3.8) is 0 Å². The maximum absolute atomic E-state index is 12.9. The molecule has 1 aromatic carbocycles. The Kier molecular flexibility index (Phi) is 4.43. The predicted octanol–water partition coefficient (Wildman–Crippen LogP) is 1.31. The van der Waals surface area contributed by atoms with Crippen LogP contribution in [0.2, 0.25) is 0 Å². The van der Waals surface area contributed by atoms with Crippen LogP contribution in [0.1, 0.15) is 36.2 Å². The first kappa shape index (κ1) is 15.7. The number of carbonyl (C=O) groups is 1. The lowest BCUT2D eigenvalue weighted by atomic mass is 9.99. The van der Waals surface area contributed by atoms with Crippen LogP contribution in [-0.4, -0.2) is 44.7 Å². The second-order valence-corrected chi connectivity index (χ2v) is 5.97. The SMILES string of the molecule is Cn1c(=O)c(C(=O)N2CCCC[C@H]2CCO)nc2ccccc21. The summed E-state index contributed by atoms with van der Waals surface area (Å²) in [7, 11) is 1.66. The molecule has 0 radical (unpaired) electrons. The fourth-order valence-electron chi connectivity index (χ4n) is 3.27. The van der Waals surface area contributed by atoms with Crippen molar-refractivity contribution < 1.29 is 9.90 Å². The van der Waals surface area contributed by atoms with Gasteiger partial charge in [-0.15, -0.1) is 0 Å². The van der Waals surface area contributed by atoms with Gasteiger partial charge in [0.15, 0.2) is 5.69 Å². The molecule has 1 aromatic heterocycles. The van der Waals surface area contributed by atoms with Crippen molar-refractivity contribution in [2.24, 2.45) is 7.05 Å². The van der Waals surface area contributed by atoms with Crippen LogP contribution in [0.3, 0.4) is 0 Å². The molecule has 1 fully saturated rings. The van der Waals surface area contributed by atoms with Gasteiger partial charge in [-0.1, -0.05) is 12.1 Å². The van der Waals surface area contributed by atoms with Crippen LogP contribution in [0, 0.1) is 0 Å². The van der Waals surface area contributed by atoms with E-state index in [1.165, 1.54) is 4.57 Å². The number of fused-ring (bicyclic) bond motifs is 1. The van der Waals surface area contributed by atoms with E-state index in [0.29, 0.717) is 24.0 Å². The van der Waals surface area contributed by atoms with Gasteiger partial charge in [0, 0.05) is 26.2 Å². The van der Waals surface area contributed by atoms with E-state index < -0.39 is 0 Å². The van der Waals surface area contributed by atoms with Gasteiger partial charge >= 0.3 is 0 Å². The number of aromatic nitrogens is 2. The number of para-hydroxylation sites is 2. The summed E-state index contributed by atoms with van der Waals surface area (Å²) in [5.41, 5.74) is 0.936. The van der Waals surface area contributed by atoms with E-state index in [4.69, 9.17) is 0 Å². The normalized spacial score (nSPS) is 18.3. The Morgan fingerprint density at radius 2 is 2.13 bits per heavy atom. The molecule has 1 atom stereocenters. The van der Waals surface area contributed by atoms with Crippen molar-refractivity contribution in [1.29, 1.82) is 0 Å². The van der Waals surface area contributed by atoms with E-state index >= 15 is 0 Å². The number of nitrogens with zero attached hydrogens (tertiary/aromatic N) is 3. The fraction of sp³-hybridized carbons (Fsp3) is 0.471. The largest absolute Gasteiger partial charge is 0.396 e. The Labute approximate surface area is 134 Å². The molecule has 122 valence electrons. The van der Waals surface area contributed by atoms with Crippen molar-refractivity contribution in [3.05, 3.63) is 40.3 Å². The first-order chi connectivity index (χ1) is 11.1. The molecule has 6 heteroatoms. The summed E-state index contributed by atoms with van der Waals surface area (Å²) in [5.74, 6) is -0.325. The number of likely N-dealkylation sites (tertiary alicyclic amines) is 1.